The summed E-state index contributed by atoms with van der Waals surface area (Å²) in [6.07, 6.45) is 0.477. The number of aromatic nitrogens is 1. The van der Waals surface area contributed by atoms with Gasteiger partial charge in [-0.2, -0.15) is 0 Å². The summed E-state index contributed by atoms with van der Waals surface area (Å²) in [6.45, 7) is 1.49. The Morgan fingerprint density at radius 1 is 1.53 bits per heavy atom. The van der Waals surface area contributed by atoms with E-state index in [4.69, 9.17) is 5.73 Å². The molecule has 0 spiro atoms. The van der Waals surface area contributed by atoms with Gasteiger partial charge >= 0.3 is 11.9 Å². The van der Waals surface area contributed by atoms with E-state index in [9.17, 15) is 14.4 Å². The van der Waals surface area contributed by atoms with Crippen molar-refractivity contribution in [2.24, 2.45) is 5.73 Å². The molecule has 0 aromatic carbocycles. The molecule has 0 aliphatic rings. The lowest BCUT2D eigenvalue weighted by Gasteiger charge is -1.98. The maximum atomic E-state index is 11.2. The summed E-state index contributed by atoms with van der Waals surface area (Å²) < 4.78 is 8.90. The topological polar surface area (TPSA) is 112 Å². The van der Waals surface area contributed by atoms with Crippen molar-refractivity contribution < 1.29 is 23.6 Å². The molecule has 1 aromatic rings. The van der Waals surface area contributed by atoms with Crippen LogP contribution in [0, 0.1) is 6.92 Å². The van der Waals surface area contributed by atoms with E-state index in [2.05, 4.69) is 14.4 Å². The molecular weight excluding hydrogens is 204 g/mol. The Kier molecular flexibility index (Phi) is 3.17. The fourth-order valence-electron chi connectivity index (χ4n) is 0.831. The van der Waals surface area contributed by atoms with Gasteiger partial charge in [0.2, 0.25) is 5.91 Å². The first-order chi connectivity index (χ1) is 7.00. The van der Waals surface area contributed by atoms with Crippen molar-refractivity contribution in [1.82, 2.24) is 5.16 Å². The highest BCUT2D eigenvalue weighted by Crippen LogP contribution is 2.07. The Labute approximate surface area is 84.2 Å². The van der Waals surface area contributed by atoms with Crippen LogP contribution in [0.25, 0.3) is 0 Å². The van der Waals surface area contributed by atoms with Crippen LogP contribution in [0.4, 0.5) is 0 Å². The smallest absolute Gasteiger partial charge is 0.351 e. The Hall–Kier alpha value is -2.18. The molecule has 15 heavy (non-hydrogen) atoms. The Bertz CT molecular complexity index is 409. The number of rotatable bonds is 3. The molecule has 1 aromatic heterocycles. The Balaban J connectivity index is 2.61. The third-order valence-electron chi connectivity index (χ3n) is 1.50. The lowest BCUT2D eigenvalue weighted by Crippen LogP contribution is -2.20. The number of nitrogens with zero attached hydrogens (tertiary/aromatic N) is 1. The van der Waals surface area contributed by atoms with E-state index in [0.29, 0.717) is 0 Å². The highest BCUT2D eigenvalue weighted by atomic mass is 16.6. The SMILES string of the molecule is Cc1oncc1C(=O)OC(=O)CC(N)=O. The van der Waals surface area contributed by atoms with Crippen LogP contribution in [-0.4, -0.2) is 23.0 Å². The zero-order valence-electron chi connectivity index (χ0n) is 7.85. The van der Waals surface area contributed by atoms with Crippen LogP contribution in [-0.2, 0) is 14.3 Å². The quantitative estimate of drug-likeness (QED) is 0.535. The van der Waals surface area contributed by atoms with Gasteiger partial charge in [0.05, 0.1) is 6.20 Å². The van der Waals surface area contributed by atoms with Gasteiger partial charge in [0.15, 0.2) is 0 Å². The van der Waals surface area contributed by atoms with Crippen molar-refractivity contribution in [3.63, 3.8) is 0 Å². The van der Waals surface area contributed by atoms with Crippen LogP contribution in [0.2, 0.25) is 0 Å². The van der Waals surface area contributed by atoms with Crippen LogP contribution in [0.15, 0.2) is 10.7 Å². The molecule has 2 N–H and O–H groups in total. The molecule has 0 atom stereocenters. The van der Waals surface area contributed by atoms with E-state index in [0.717, 1.165) is 6.20 Å². The van der Waals surface area contributed by atoms with Crippen molar-refractivity contribution in [2.75, 3.05) is 0 Å². The Morgan fingerprint density at radius 2 is 2.20 bits per heavy atom. The second-order valence-electron chi connectivity index (χ2n) is 2.70. The number of aryl methyl sites for hydroxylation is 1. The van der Waals surface area contributed by atoms with E-state index in [1.54, 1.807) is 0 Å². The molecule has 0 aliphatic carbocycles. The summed E-state index contributed by atoms with van der Waals surface area (Å²) in [4.78, 5) is 32.4. The van der Waals surface area contributed by atoms with Crippen LogP contribution < -0.4 is 5.73 Å². The van der Waals surface area contributed by atoms with Crippen LogP contribution in [0.3, 0.4) is 0 Å². The minimum Gasteiger partial charge on any atom is -0.389 e. The first-order valence-corrected chi connectivity index (χ1v) is 3.95. The van der Waals surface area contributed by atoms with Gasteiger partial charge < -0.3 is 15.0 Å². The minimum absolute atomic E-state index is 0.0350. The average molecular weight is 212 g/mol. The summed E-state index contributed by atoms with van der Waals surface area (Å²) >= 11 is 0. The number of esters is 2. The van der Waals surface area contributed by atoms with Gasteiger partial charge in [-0.25, -0.2) is 4.79 Å². The molecule has 1 rings (SSSR count). The highest BCUT2D eigenvalue weighted by Gasteiger charge is 2.18. The van der Waals surface area contributed by atoms with Gasteiger partial charge in [-0.3, -0.25) is 9.59 Å². The molecule has 1 heterocycles. The molecule has 0 aliphatic heterocycles. The standard InChI is InChI=1S/C8H8N2O5/c1-4-5(3-10-15-4)8(13)14-7(12)2-6(9)11/h3H,2H2,1H3,(H2,9,11). The number of hydrogen-bond acceptors (Lipinski definition) is 6. The van der Waals surface area contributed by atoms with E-state index in [1.807, 2.05) is 0 Å². The lowest BCUT2D eigenvalue weighted by molar-refractivity contribution is -0.140. The summed E-state index contributed by atoms with van der Waals surface area (Å²) in [5, 5.41) is 3.33. The molecule has 7 nitrogen and oxygen atoms in total. The van der Waals surface area contributed by atoms with E-state index < -0.39 is 24.3 Å². The number of amides is 1. The largest absolute Gasteiger partial charge is 0.389 e. The predicted molar refractivity (Wildman–Crippen MR) is 45.5 cm³/mol. The first kappa shape index (κ1) is 10.9. The second kappa shape index (κ2) is 4.36. The van der Waals surface area contributed by atoms with Crippen molar-refractivity contribution in [1.29, 1.82) is 0 Å². The highest BCUT2D eigenvalue weighted by molar-refractivity contribution is 6.02. The molecule has 1 amide bonds. The number of carbonyl (C=O) groups excluding carboxylic acids is 3. The third kappa shape index (κ3) is 2.90. The third-order valence-corrected chi connectivity index (χ3v) is 1.50. The predicted octanol–water partition coefficient (Wildman–Crippen LogP) is -0.458. The normalized spacial score (nSPS) is 9.67. The molecule has 7 heteroatoms. The van der Waals surface area contributed by atoms with E-state index in [-0.39, 0.29) is 11.3 Å². The van der Waals surface area contributed by atoms with Gasteiger partial charge in [-0.05, 0) is 6.92 Å². The molecule has 0 bridgehead atoms. The fourth-order valence-corrected chi connectivity index (χ4v) is 0.831. The number of ether oxygens (including phenoxy) is 1. The van der Waals surface area contributed by atoms with Crippen molar-refractivity contribution >= 4 is 17.8 Å². The van der Waals surface area contributed by atoms with Crippen LogP contribution >= 0.6 is 0 Å². The van der Waals surface area contributed by atoms with Gasteiger partial charge in [-0.15, -0.1) is 0 Å². The number of hydrogen-bond donors (Lipinski definition) is 1. The molecule has 0 unspecified atom stereocenters. The number of nitrogens with two attached hydrogens (primary N) is 1. The molecule has 0 radical (unpaired) electrons. The minimum atomic E-state index is -1.01. The van der Waals surface area contributed by atoms with Gasteiger partial charge in [0, 0.05) is 0 Å². The van der Waals surface area contributed by atoms with Gasteiger partial charge in [0.25, 0.3) is 0 Å². The molecule has 0 saturated heterocycles. The zero-order chi connectivity index (χ0) is 11.4. The van der Waals surface area contributed by atoms with E-state index in [1.165, 1.54) is 6.92 Å². The summed E-state index contributed by atoms with van der Waals surface area (Å²) in [5.74, 6) is -2.56. The first-order valence-electron chi connectivity index (χ1n) is 3.95. The Morgan fingerprint density at radius 3 is 2.67 bits per heavy atom. The van der Waals surface area contributed by atoms with Crippen molar-refractivity contribution in [3.05, 3.63) is 17.5 Å². The fraction of sp³-hybridized carbons (Fsp3) is 0.250. The summed E-state index contributed by atoms with van der Waals surface area (Å²) in [5.41, 5.74) is 4.77. The molecular formula is C8H8N2O5. The molecule has 0 saturated carbocycles. The summed E-state index contributed by atoms with van der Waals surface area (Å²) in [6, 6.07) is 0. The van der Waals surface area contributed by atoms with Crippen molar-refractivity contribution in [3.8, 4) is 0 Å². The van der Waals surface area contributed by atoms with Crippen molar-refractivity contribution in [2.45, 2.75) is 13.3 Å². The number of carbonyl (C=O) groups is 3. The maximum Gasteiger partial charge on any atom is 0.351 e. The van der Waals surface area contributed by atoms with E-state index >= 15 is 0 Å². The lowest BCUT2D eigenvalue weighted by atomic mass is 10.3. The average Bonchev–Trinajstić information content (AvgIpc) is 2.49. The monoisotopic (exact) mass is 212 g/mol. The number of primary amides is 1. The van der Waals surface area contributed by atoms with Crippen LogP contribution in [0.1, 0.15) is 22.5 Å². The maximum absolute atomic E-state index is 11.2. The second-order valence-corrected chi connectivity index (χ2v) is 2.70. The van der Waals surface area contributed by atoms with Gasteiger partial charge in [-0.1, -0.05) is 5.16 Å². The van der Waals surface area contributed by atoms with Gasteiger partial charge in [0.1, 0.15) is 17.7 Å². The summed E-state index contributed by atoms with van der Waals surface area (Å²) in [7, 11) is 0. The molecule has 0 fully saturated rings. The molecule has 80 valence electrons. The zero-order valence-corrected chi connectivity index (χ0v) is 7.85. The van der Waals surface area contributed by atoms with Crippen LogP contribution in [0.5, 0.6) is 0 Å².